The molecule has 1 amide bonds. The number of ketones is 1. The van der Waals surface area contributed by atoms with Gasteiger partial charge in [0.15, 0.2) is 16.0 Å². The zero-order valence-electron chi connectivity index (χ0n) is 15.6. The molecule has 0 atom stereocenters. The number of anilines is 1. The Labute approximate surface area is 165 Å². The van der Waals surface area contributed by atoms with Gasteiger partial charge in [0.05, 0.1) is 16.1 Å². The molecule has 1 N–H and O–H groups in total. The van der Waals surface area contributed by atoms with Crippen molar-refractivity contribution in [3.05, 3.63) is 45.2 Å². The van der Waals surface area contributed by atoms with E-state index in [4.69, 9.17) is 0 Å². The first-order valence-corrected chi connectivity index (χ1v) is 10.4. The lowest BCUT2D eigenvalue weighted by Gasteiger charge is -2.26. The molecule has 0 saturated carbocycles. The molecular formula is C19H20N4O2S2. The second kappa shape index (κ2) is 6.38. The number of amides is 1. The van der Waals surface area contributed by atoms with Crippen molar-refractivity contribution in [2.75, 3.05) is 5.32 Å². The fourth-order valence-electron chi connectivity index (χ4n) is 3.55. The summed E-state index contributed by atoms with van der Waals surface area (Å²) in [7, 11) is 0. The number of nitrogens with one attached hydrogen (secondary N) is 1. The zero-order valence-corrected chi connectivity index (χ0v) is 17.3. The summed E-state index contributed by atoms with van der Waals surface area (Å²) in [5.74, 6) is -0.107. The van der Waals surface area contributed by atoms with E-state index in [1.165, 1.54) is 22.7 Å². The number of Topliss-reactive ketones (excluding diaryl/α,β-unsaturated/α-hetero) is 1. The Hall–Kier alpha value is -2.32. The molecule has 0 unspecified atom stereocenters. The minimum Gasteiger partial charge on any atom is -0.298 e. The van der Waals surface area contributed by atoms with Gasteiger partial charge >= 0.3 is 0 Å². The number of fused-ring (bicyclic) bond motifs is 1. The smallest absolute Gasteiger partial charge is 0.259 e. The summed E-state index contributed by atoms with van der Waals surface area (Å²) in [4.78, 5) is 34.7. The number of hydrogen-bond donors (Lipinski definition) is 1. The van der Waals surface area contributed by atoms with Gasteiger partial charge in [0.25, 0.3) is 5.91 Å². The lowest BCUT2D eigenvalue weighted by molar-refractivity contribution is 0.0915. The van der Waals surface area contributed by atoms with Crippen LogP contribution in [0.15, 0.2) is 17.6 Å². The SMILES string of the molecule is Cc1cc(C(=O)Nc2nc3c(s2)C(=O)CC(C)(C)C3)c(C)n1-c1nccs1. The van der Waals surface area contributed by atoms with Gasteiger partial charge in [-0.25, -0.2) is 9.97 Å². The topological polar surface area (TPSA) is 76.9 Å². The number of aromatic nitrogens is 3. The molecule has 3 aromatic rings. The first-order chi connectivity index (χ1) is 12.7. The number of hydrogen-bond acceptors (Lipinski definition) is 6. The lowest BCUT2D eigenvalue weighted by Crippen LogP contribution is -2.26. The molecule has 0 bridgehead atoms. The highest BCUT2D eigenvalue weighted by atomic mass is 32.1. The number of rotatable bonds is 3. The van der Waals surface area contributed by atoms with Crippen LogP contribution in [0.2, 0.25) is 0 Å². The number of carbonyl (C=O) groups excluding carboxylic acids is 2. The highest BCUT2D eigenvalue weighted by molar-refractivity contribution is 7.17. The van der Waals surface area contributed by atoms with Crippen molar-refractivity contribution in [1.29, 1.82) is 0 Å². The van der Waals surface area contributed by atoms with Crippen LogP contribution in [0.4, 0.5) is 5.13 Å². The van der Waals surface area contributed by atoms with Gasteiger partial charge in [-0.2, -0.15) is 0 Å². The van der Waals surface area contributed by atoms with Crippen LogP contribution in [0.1, 0.15) is 57.4 Å². The fraction of sp³-hybridized carbons (Fsp3) is 0.368. The van der Waals surface area contributed by atoms with Crippen LogP contribution in [-0.4, -0.2) is 26.2 Å². The van der Waals surface area contributed by atoms with Gasteiger partial charge in [0.2, 0.25) is 0 Å². The molecule has 3 heterocycles. The second-order valence-electron chi connectivity index (χ2n) is 7.62. The van der Waals surface area contributed by atoms with E-state index in [0.717, 1.165) is 28.6 Å². The molecule has 3 aromatic heterocycles. The van der Waals surface area contributed by atoms with E-state index in [2.05, 4.69) is 29.1 Å². The third-order valence-electron chi connectivity index (χ3n) is 4.74. The second-order valence-corrected chi connectivity index (χ2v) is 9.50. The molecule has 0 radical (unpaired) electrons. The summed E-state index contributed by atoms with van der Waals surface area (Å²) in [6, 6.07) is 1.86. The Morgan fingerprint density at radius 1 is 1.30 bits per heavy atom. The first kappa shape index (κ1) is 18.1. The van der Waals surface area contributed by atoms with E-state index in [9.17, 15) is 9.59 Å². The summed E-state index contributed by atoms with van der Waals surface area (Å²) >= 11 is 2.80. The fourth-order valence-corrected chi connectivity index (χ4v) is 5.22. The van der Waals surface area contributed by atoms with Crippen molar-refractivity contribution in [3.8, 4) is 5.13 Å². The minimum absolute atomic E-state index is 0.0853. The molecular weight excluding hydrogens is 380 g/mol. The molecule has 8 heteroatoms. The Bertz CT molecular complexity index is 1040. The van der Waals surface area contributed by atoms with Gasteiger partial charge < -0.3 is 0 Å². The van der Waals surface area contributed by atoms with Crippen LogP contribution in [0.3, 0.4) is 0 Å². The highest BCUT2D eigenvalue weighted by Crippen LogP contribution is 2.38. The van der Waals surface area contributed by atoms with Gasteiger partial charge in [-0.05, 0) is 31.7 Å². The van der Waals surface area contributed by atoms with Crippen molar-refractivity contribution in [3.63, 3.8) is 0 Å². The van der Waals surface area contributed by atoms with Crippen LogP contribution in [0, 0.1) is 19.3 Å². The summed E-state index contributed by atoms with van der Waals surface area (Å²) in [6.45, 7) is 7.99. The van der Waals surface area contributed by atoms with Crippen LogP contribution >= 0.6 is 22.7 Å². The maximum atomic E-state index is 12.8. The lowest BCUT2D eigenvalue weighted by atomic mass is 9.78. The van der Waals surface area contributed by atoms with Crippen LogP contribution in [-0.2, 0) is 6.42 Å². The molecule has 4 rings (SSSR count). The van der Waals surface area contributed by atoms with E-state index < -0.39 is 0 Å². The molecule has 0 fully saturated rings. The molecule has 6 nitrogen and oxygen atoms in total. The van der Waals surface area contributed by atoms with E-state index in [-0.39, 0.29) is 17.1 Å². The Morgan fingerprint density at radius 3 is 2.78 bits per heavy atom. The van der Waals surface area contributed by atoms with Gasteiger partial charge in [-0.1, -0.05) is 25.2 Å². The molecule has 1 aliphatic carbocycles. The van der Waals surface area contributed by atoms with Crippen molar-refractivity contribution in [2.24, 2.45) is 5.41 Å². The van der Waals surface area contributed by atoms with Crippen molar-refractivity contribution < 1.29 is 9.59 Å². The number of aryl methyl sites for hydroxylation is 1. The van der Waals surface area contributed by atoms with E-state index in [0.29, 0.717) is 22.0 Å². The van der Waals surface area contributed by atoms with Crippen LogP contribution in [0.25, 0.3) is 5.13 Å². The van der Waals surface area contributed by atoms with Crippen LogP contribution in [0.5, 0.6) is 0 Å². The van der Waals surface area contributed by atoms with E-state index >= 15 is 0 Å². The molecule has 27 heavy (non-hydrogen) atoms. The number of carbonyl (C=O) groups is 2. The quantitative estimate of drug-likeness (QED) is 0.706. The van der Waals surface area contributed by atoms with Gasteiger partial charge in [0, 0.05) is 29.4 Å². The molecule has 140 valence electrons. The summed E-state index contributed by atoms with van der Waals surface area (Å²) < 4.78 is 1.97. The normalized spacial score (nSPS) is 15.6. The predicted octanol–water partition coefficient (Wildman–Crippen LogP) is 4.41. The zero-order chi connectivity index (χ0) is 19.3. The number of nitrogens with zero attached hydrogens (tertiary/aromatic N) is 3. The maximum Gasteiger partial charge on any atom is 0.259 e. The molecule has 1 aliphatic rings. The third kappa shape index (κ3) is 3.23. The highest BCUT2D eigenvalue weighted by Gasteiger charge is 2.34. The number of thiazole rings is 2. The maximum absolute atomic E-state index is 12.8. The summed E-state index contributed by atoms with van der Waals surface area (Å²) in [5, 5.41) is 6.10. The van der Waals surface area contributed by atoms with Crippen LogP contribution < -0.4 is 5.32 Å². The summed E-state index contributed by atoms with van der Waals surface area (Å²) in [6.07, 6.45) is 3.01. The average Bonchev–Trinajstić information content (AvgIpc) is 3.26. The van der Waals surface area contributed by atoms with E-state index in [1.807, 2.05) is 29.9 Å². The third-order valence-corrected chi connectivity index (χ3v) is 6.55. The van der Waals surface area contributed by atoms with Crippen molar-refractivity contribution >= 4 is 39.5 Å². The minimum atomic E-state index is -0.219. The predicted molar refractivity (Wildman–Crippen MR) is 107 cm³/mol. The molecule has 0 aromatic carbocycles. The van der Waals surface area contributed by atoms with Crippen molar-refractivity contribution in [1.82, 2.24) is 14.5 Å². The Kier molecular flexibility index (Phi) is 4.27. The Balaban J connectivity index is 1.61. The standard InChI is InChI=1S/C19H20N4O2S2/c1-10-7-12(11(2)23(10)18-20-5-6-26-18)16(25)22-17-21-13-8-19(3,4)9-14(24)15(13)27-17/h5-7H,8-9H2,1-4H3,(H,21,22,25). The largest absolute Gasteiger partial charge is 0.298 e. The molecule has 0 spiro atoms. The van der Waals surface area contributed by atoms with E-state index in [1.54, 1.807) is 6.20 Å². The Morgan fingerprint density at radius 2 is 2.07 bits per heavy atom. The average molecular weight is 401 g/mol. The van der Waals surface area contributed by atoms with Gasteiger partial charge in [0.1, 0.15) is 0 Å². The molecule has 0 saturated heterocycles. The first-order valence-electron chi connectivity index (χ1n) is 8.68. The van der Waals surface area contributed by atoms with Gasteiger partial charge in [-0.15, -0.1) is 11.3 Å². The summed E-state index contributed by atoms with van der Waals surface area (Å²) in [5.41, 5.74) is 3.08. The van der Waals surface area contributed by atoms with Crippen molar-refractivity contribution in [2.45, 2.75) is 40.5 Å². The van der Waals surface area contributed by atoms with Gasteiger partial charge in [-0.3, -0.25) is 19.5 Å². The molecule has 0 aliphatic heterocycles. The monoisotopic (exact) mass is 400 g/mol.